The number of benzene rings is 1. The van der Waals surface area contributed by atoms with Crippen LogP contribution in [0.15, 0.2) is 30.3 Å². The third-order valence-corrected chi connectivity index (χ3v) is 4.03. The molecule has 0 bridgehead atoms. The van der Waals surface area contributed by atoms with Crippen LogP contribution in [0.2, 0.25) is 0 Å². The quantitative estimate of drug-likeness (QED) is 0.905. The van der Waals surface area contributed by atoms with Crippen LogP contribution < -0.4 is 11.1 Å². The lowest BCUT2D eigenvalue weighted by atomic mass is 10.1. The number of anilines is 1. The Balaban J connectivity index is 1.81. The minimum atomic E-state index is -0.495. The molecule has 126 valence electrons. The molecule has 0 atom stereocenters. The molecule has 1 aliphatic carbocycles. The predicted octanol–water partition coefficient (Wildman–Crippen LogP) is 2.87. The minimum absolute atomic E-state index is 0.167. The Morgan fingerprint density at radius 2 is 1.83 bits per heavy atom. The third kappa shape index (κ3) is 3.32. The predicted molar refractivity (Wildman–Crippen MR) is 92.1 cm³/mol. The van der Waals surface area contributed by atoms with Crippen molar-refractivity contribution in [3.63, 3.8) is 0 Å². The van der Waals surface area contributed by atoms with Crippen molar-refractivity contribution in [1.82, 2.24) is 9.78 Å². The number of carbonyl (C=O) groups is 2. The van der Waals surface area contributed by atoms with Gasteiger partial charge < -0.3 is 11.1 Å². The van der Waals surface area contributed by atoms with E-state index in [1.165, 1.54) is 0 Å². The van der Waals surface area contributed by atoms with Crippen LogP contribution in [0, 0.1) is 0 Å². The van der Waals surface area contributed by atoms with Gasteiger partial charge in [0.05, 0.1) is 5.54 Å². The van der Waals surface area contributed by atoms with Gasteiger partial charge in [-0.15, -0.1) is 0 Å². The van der Waals surface area contributed by atoms with Gasteiger partial charge in [0, 0.05) is 22.9 Å². The molecule has 0 spiro atoms. The number of hydrogen-bond donors (Lipinski definition) is 2. The first-order valence-corrected chi connectivity index (χ1v) is 8.07. The monoisotopic (exact) mass is 326 g/mol. The average molecular weight is 326 g/mol. The number of amides is 2. The number of rotatable bonds is 4. The van der Waals surface area contributed by atoms with Gasteiger partial charge in [0.2, 0.25) is 5.91 Å². The van der Waals surface area contributed by atoms with Crippen molar-refractivity contribution in [2.45, 2.75) is 45.1 Å². The molecule has 2 amide bonds. The number of aromatic nitrogens is 2. The number of nitrogens with zero attached hydrogens (tertiary/aromatic N) is 2. The molecular formula is C18H22N4O2. The van der Waals surface area contributed by atoms with Gasteiger partial charge in [-0.3, -0.25) is 14.3 Å². The number of nitrogens with two attached hydrogens (primary N) is 1. The van der Waals surface area contributed by atoms with E-state index in [1.807, 2.05) is 10.7 Å². The van der Waals surface area contributed by atoms with Crippen LogP contribution >= 0.6 is 0 Å². The first-order chi connectivity index (χ1) is 11.3. The van der Waals surface area contributed by atoms with E-state index in [1.54, 1.807) is 24.3 Å². The van der Waals surface area contributed by atoms with E-state index < -0.39 is 5.91 Å². The zero-order valence-electron chi connectivity index (χ0n) is 14.2. The fraction of sp³-hybridized carbons (Fsp3) is 0.389. The third-order valence-electron chi connectivity index (χ3n) is 4.03. The van der Waals surface area contributed by atoms with Gasteiger partial charge in [0.25, 0.3) is 5.91 Å². The summed E-state index contributed by atoms with van der Waals surface area (Å²) in [5, 5.41) is 7.32. The Morgan fingerprint density at radius 3 is 2.33 bits per heavy atom. The van der Waals surface area contributed by atoms with Crippen LogP contribution in [0.5, 0.6) is 0 Å². The Bertz CT molecular complexity index is 780. The molecule has 2 aromatic rings. The molecule has 3 N–H and O–H groups in total. The maximum absolute atomic E-state index is 12.5. The Kier molecular flexibility index (Phi) is 3.91. The van der Waals surface area contributed by atoms with Crippen LogP contribution in [0.4, 0.5) is 5.69 Å². The zero-order valence-corrected chi connectivity index (χ0v) is 14.2. The SMILES string of the molecule is CC(C)(C)n1nc(C(=O)Nc2ccc(C(N)=O)cc2)cc1C1CC1. The second-order valence-electron chi connectivity index (χ2n) is 7.21. The number of carbonyl (C=O) groups excluding carboxylic acids is 2. The van der Waals surface area contributed by atoms with Crippen LogP contribution in [0.25, 0.3) is 0 Å². The molecule has 1 aromatic heterocycles. The first-order valence-electron chi connectivity index (χ1n) is 8.07. The van der Waals surface area contributed by atoms with E-state index in [0.717, 1.165) is 18.5 Å². The summed E-state index contributed by atoms with van der Waals surface area (Å²) < 4.78 is 1.95. The van der Waals surface area contributed by atoms with Gasteiger partial charge >= 0.3 is 0 Å². The summed E-state index contributed by atoms with van der Waals surface area (Å²) in [4.78, 5) is 23.6. The average Bonchev–Trinajstić information content (AvgIpc) is 3.24. The second-order valence-corrected chi connectivity index (χ2v) is 7.21. The summed E-state index contributed by atoms with van der Waals surface area (Å²) in [6.07, 6.45) is 2.30. The molecule has 6 heteroatoms. The summed E-state index contributed by atoms with van der Waals surface area (Å²) in [5.41, 5.74) is 7.58. The molecule has 6 nitrogen and oxygen atoms in total. The van der Waals surface area contributed by atoms with E-state index in [-0.39, 0.29) is 11.4 Å². The number of nitrogens with one attached hydrogen (secondary N) is 1. The summed E-state index contributed by atoms with van der Waals surface area (Å²) in [6.45, 7) is 6.24. The van der Waals surface area contributed by atoms with Gasteiger partial charge in [0.1, 0.15) is 0 Å². The summed E-state index contributed by atoms with van der Waals surface area (Å²) >= 11 is 0. The van der Waals surface area contributed by atoms with Crippen molar-refractivity contribution in [3.05, 3.63) is 47.3 Å². The highest BCUT2D eigenvalue weighted by atomic mass is 16.2. The molecule has 1 aliphatic rings. The van der Waals surface area contributed by atoms with Gasteiger partial charge in [-0.2, -0.15) is 5.10 Å². The smallest absolute Gasteiger partial charge is 0.276 e. The molecule has 0 unspecified atom stereocenters. The molecule has 1 fully saturated rings. The molecule has 1 heterocycles. The lowest BCUT2D eigenvalue weighted by Gasteiger charge is -2.22. The Hall–Kier alpha value is -2.63. The summed E-state index contributed by atoms with van der Waals surface area (Å²) in [6, 6.07) is 8.36. The van der Waals surface area contributed by atoms with E-state index >= 15 is 0 Å². The van der Waals surface area contributed by atoms with Crippen molar-refractivity contribution in [2.75, 3.05) is 5.32 Å². The fourth-order valence-electron chi connectivity index (χ4n) is 2.63. The maximum atomic E-state index is 12.5. The maximum Gasteiger partial charge on any atom is 0.276 e. The molecule has 0 radical (unpaired) electrons. The van der Waals surface area contributed by atoms with E-state index in [4.69, 9.17) is 5.73 Å². The Labute approximate surface area is 141 Å². The molecule has 0 aliphatic heterocycles. The molecule has 0 saturated heterocycles. The van der Waals surface area contributed by atoms with Crippen molar-refractivity contribution < 1.29 is 9.59 Å². The van der Waals surface area contributed by atoms with E-state index in [2.05, 4.69) is 31.2 Å². The summed E-state index contributed by atoms with van der Waals surface area (Å²) in [5.74, 6) is -0.245. The first kappa shape index (κ1) is 16.2. The van der Waals surface area contributed by atoms with Crippen LogP contribution in [0.3, 0.4) is 0 Å². The fourth-order valence-corrected chi connectivity index (χ4v) is 2.63. The topological polar surface area (TPSA) is 90.0 Å². The second kappa shape index (κ2) is 5.78. The molecule has 3 rings (SSSR count). The van der Waals surface area contributed by atoms with E-state index in [0.29, 0.717) is 22.9 Å². The van der Waals surface area contributed by atoms with Crippen LogP contribution in [0.1, 0.15) is 66.1 Å². The van der Waals surface area contributed by atoms with Gasteiger partial charge in [-0.05, 0) is 63.9 Å². The molecule has 1 aromatic carbocycles. The van der Waals surface area contributed by atoms with Crippen molar-refractivity contribution >= 4 is 17.5 Å². The number of primary amides is 1. The van der Waals surface area contributed by atoms with Crippen LogP contribution in [-0.2, 0) is 5.54 Å². The lowest BCUT2D eigenvalue weighted by molar-refractivity contribution is 0.0997. The highest BCUT2D eigenvalue weighted by Gasteiger charge is 2.32. The standard InChI is InChI=1S/C18H22N4O2/c1-18(2,3)22-15(11-4-5-11)10-14(21-22)17(24)20-13-8-6-12(7-9-13)16(19)23/h6-11H,4-5H2,1-3H3,(H2,19,23)(H,20,24). The van der Waals surface area contributed by atoms with Crippen molar-refractivity contribution in [3.8, 4) is 0 Å². The molecule has 24 heavy (non-hydrogen) atoms. The van der Waals surface area contributed by atoms with E-state index in [9.17, 15) is 9.59 Å². The normalized spacial score (nSPS) is 14.5. The summed E-state index contributed by atoms with van der Waals surface area (Å²) in [7, 11) is 0. The van der Waals surface area contributed by atoms with Gasteiger partial charge in [-0.1, -0.05) is 0 Å². The zero-order chi connectivity index (χ0) is 17.5. The molecular weight excluding hydrogens is 304 g/mol. The highest BCUT2D eigenvalue weighted by molar-refractivity contribution is 6.03. The Morgan fingerprint density at radius 1 is 1.21 bits per heavy atom. The minimum Gasteiger partial charge on any atom is -0.366 e. The number of hydrogen-bond acceptors (Lipinski definition) is 3. The molecule has 1 saturated carbocycles. The van der Waals surface area contributed by atoms with Gasteiger partial charge in [-0.25, -0.2) is 0 Å². The largest absolute Gasteiger partial charge is 0.366 e. The lowest BCUT2D eigenvalue weighted by Crippen LogP contribution is -2.25. The van der Waals surface area contributed by atoms with Crippen molar-refractivity contribution in [1.29, 1.82) is 0 Å². The van der Waals surface area contributed by atoms with Gasteiger partial charge in [0.15, 0.2) is 5.69 Å². The van der Waals surface area contributed by atoms with Crippen molar-refractivity contribution in [2.24, 2.45) is 5.73 Å². The highest BCUT2D eigenvalue weighted by Crippen LogP contribution is 2.41. The van der Waals surface area contributed by atoms with Crippen LogP contribution in [-0.4, -0.2) is 21.6 Å².